The van der Waals surface area contributed by atoms with Crippen molar-refractivity contribution in [3.8, 4) is 11.5 Å². The molecule has 0 spiro atoms. The predicted octanol–water partition coefficient (Wildman–Crippen LogP) is 1.88. The third-order valence-corrected chi connectivity index (χ3v) is 2.66. The molecule has 0 heterocycles. The number of rotatable bonds is 6. The summed E-state index contributed by atoms with van der Waals surface area (Å²) in [6.45, 7) is 4.05. The van der Waals surface area contributed by atoms with E-state index in [2.05, 4.69) is 6.92 Å². The van der Waals surface area contributed by atoms with Gasteiger partial charge in [-0.2, -0.15) is 0 Å². The highest BCUT2D eigenvalue weighted by Crippen LogP contribution is 2.29. The van der Waals surface area contributed by atoms with Crippen LogP contribution in [0.15, 0.2) is 24.3 Å². The lowest BCUT2D eigenvalue weighted by Crippen LogP contribution is -2.27. The number of nitrogens with two attached hydrogens (primary N) is 1. The van der Waals surface area contributed by atoms with Gasteiger partial charge in [-0.3, -0.25) is 10.2 Å². The largest absolute Gasteiger partial charge is 0.493 e. The Morgan fingerprint density at radius 2 is 2.21 bits per heavy atom. The van der Waals surface area contributed by atoms with Gasteiger partial charge in [0.15, 0.2) is 11.5 Å². The minimum atomic E-state index is -0.362. The summed E-state index contributed by atoms with van der Waals surface area (Å²) >= 11 is 0. The molecule has 0 saturated carbocycles. The van der Waals surface area contributed by atoms with Gasteiger partial charge in [0.05, 0.1) is 13.2 Å². The van der Waals surface area contributed by atoms with Crippen LogP contribution in [0.5, 0.6) is 11.5 Å². The van der Waals surface area contributed by atoms with Crippen LogP contribution in [0, 0.1) is 0 Å². The van der Waals surface area contributed by atoms with Crippen LogP contribution in [0.3, 0.4) is 0 Å². The zero-order valence-electron chi connectivity index (χ0n) is 11.5. The van der Waals surface area contributed by atoms with E-state index in [0.717, 1.165) is 12.0 Å². The van der Waals surface area contributed by atoms with E-state index in [1.807, 2.05) is 24.5 Å². The highest BCUT2D eigenvalue weighted by Gasteiger charge is 2.08. The van der Waals surface area contributed by atoms with Crippen molar-refractivity contribution in [2.75, 3.05) is 7.11 Å². The van der Waals surface area contributed by atoms with E-state index < -0.39 is 0 Å². The number of ether oxygens (including phenoxy) is 2. The van der Waals surface area contributed by atoms with Crippen LogP contribution in [-0.4, -0.2) is 19.1 Å². The van der Waals surface area contributed by atoms with Crippen LogP contribution in [0.1, 0.15) is 25.8 Å². The molecule has 19 heavy (non-hydrogen) atoms. The van der Waals surface area contributed by atoms with Gasteiger partial charge < -0.3 is 9.47 Å². The molecule has 0 saturated heterocycles. The number of hydrogen-bond acceptors (Lipinski definition) is 4. The summed E-state index contributed by atoms with van der Waals surface area (Å²) < 4.78 is 11.0. The lowest BCUT2D eigenvalue weighted by Gasteiger charge is -2.15. The Balaban J connectivity index is 2.89. The second-order valence-corrected chi connectivity index (χ2v) is 4.09. The number of benzene rings is 1. The number of carbonyl (C=O) groups is 1. The van der Waals surface area contributed by atoms with Crippen LogP contribution in [0.25, 0.3) is 6.08 Å². The summed E-state index contributed by atoms with van der Waals surface area (Å²) in [6, 6.07) is 5.48. The first kappa shape index (κ1) is 15.0. The van der Waals surface area contributed by atoms with Crippen molar-refractivity contribution in [2.24, 2.45) is 5.84 Å². The van der Waals surface area contributed by atoms with Crippen molar-refractivity contribution >= 4 is 12.0 Å². The molecule has 5 heteroatoms. The van der Waals surface area contributed by atoms with E-state index in [1.54, 1.807) is 19.3 Å². The number of hydrazine groups is 1. The molecule has 1 aromatic carbocycles. The van der Waals surface area contributed by atoms with Gasteiger partial charge >= 0.3 is 0 Å². The Bertz CT molecular complexity index is 458. The quantitative estimate of drug-likeness (QED) is 0.356. The zero-order chi connectivity index (χ0) is 14.3. The van der Waals surface area contributed by atoms with Crippen molar-refractivity contribution in [2.45, 2.75) is 26.4 Å². The first-order valence-corrected chi connectivity index (χ1v) is 6.14. The second-order valence-electron chi connectivity index (χ2n) is 4.09. The second kappa shape index (κ2) is 7.43. The fourth-order valence-electron chi connectivity index (χ4n) is 1.41. The molecule has 104 valence electrons. The maximum atomic E-state index is 11.0. The van der Waals surface area contributed by atoms with Gasteiger partial charge in [-0.25, -0.2) is 5.84 Å². The van der Waals surface area contributed by atoms with Crippen LogP contribution in [-0.2, 0) is 4.79 Å². The lowest BCUT2D eigenvalue weighted by molar-refractivity contribution is -0.116. The lowest BCUT2D eigenvalue weighted by atomic mass is 10.2. The van der Waals surface area contributed by atoms with Crippen molar-refractivity contribution in [3.63, 3.8) is 0 Å². The number of hydrogen-bond donors (Lipinski definition) is 2. The minimum Gasteiger partial charge on any atom is -0.493 e. The number of nitrogens with one attached hydrogen (secondary N) is 1. The summed E-state index contributed by atoms with van der Waals surface area (Å²) in [5, 5.41) is 0. The normalized spacial score (nSPS) is 12.2. The van der Waals surface area contributed by atoms with E-state index in [0.29, 0.717) is 11.5 Å². The Hall–Kier alpha value is -2.01. The molecule has 0 fully saturated rings. The average molecular weight is 264 g/mol. The summed E-state index contributed by atoms with van der Waals surface area (Å²) in [5.41, 5.74) is 2.86. The molecule has 1 atom stereocenters. The Morgan fingerprint density at radius 3 is 2.79 bits per heavy atom. The van der Waals surface area contributed by atoms with Crippen molar-refractivity contribution in [1.29, 1.82) is 0 Å². The Morgan fingerprint density at radius 1 is 1.47 bits per heavy atom. The monoisotopic (exact) mass is 264 g/mol. The summed E-state index contributed by atoms with van der Waals surface area (Å²) in [5.74, 6) is 5.96. The third kappa shape index (κ3) is 4.63. The van der Waals surface area contributed by atoms with Gasteiger partial charge in [-0.15, -0.1) is 0 Å². The fourth-order valence-corrected chi connectivity index (χ4v) is 1.41. The van der Waals surface area contributed by atoms with Crippen molar-refractivity contribution in [3.05, 3.63) is 29.8 Å². The Labute approximate surface area is 113 Å². The molecule has 1 aromatic rings. The fraction of sp³-hybridized carbons (Fsp3) is 0.357. The predicted molar refractivity (Wildman–Crippen MR) is 74.7 cm³/mol. The number of carbonyl (C=O) groups excluding carboxylic acids is 1. The standard InChI is InChI=1S/C14H20N2O3/c1-4-10(2)19-12-7-5-11(9-13(12)18-3)6-8-14(17)16-15/h5-10H,4,15H2,1-3H3,(H,16,17)/b8-6+/t10-/m0/s1. The van der Waals surface area contributed by atoms with Crippen LogP contribution in [0.4, 0.5) is 0 Å². The zero-order valence-corrected chi connectivity index (χ0v) is 11.5. The van der Waals surface area contributed by atoms with E-state index >= 15 is 0 Å². The smallest absolute Gasteiger partial charge is 0.257 e. The molecule has 0 aliphatic heterocycles. The van der Waals surface area contributed by atoms with E-state index in [-0.39, 0.29) is 12.0 Å². The SMILES string of the molecule is CC[C@H](C)Oc1ccc(/C=C/C(=O)NN)cc1OC. The van der Waals surface area contributed by atoms with Gasteiger partial charge in [0.1, 0.15) is 0 Å². The van der Waals surface area contributed by atoms with Crippen molar-refractivity contribution < 1.29 is 14.3 Å². The third-order valence-electron chi connectivity index (χ3n) is 2.66. The first-order chi connectivity index (χ1) is 9.10. The summed E-state index contributed by atoms with van der Waals surface area (Å²) in [4.78, 5) is 11.0. The maximum Gasteiger partial charge on any atom is 0.257 e. The Kier molecular flexibility index (Phi) is 5.89. The van der Waals surface area contributed by atoms with E-state index in [1.165, 1.54) is 6.08 Å². The number of methoxy groups -OCH3 is 1. The van der Waals surface area contributed by atoms with Gasteiger partial charge in [0.25, 0.3) is 5.91 Å². The van der Waals surface area contributed by atoms with Gasteiger partial charge in [0.2, 0.25) is 0 Å². The molecule has 0 aliphatic carbocycles. The molecule has 0 unspecified atom stereocenters. The molecule has 0 radical (unpaired) electrons. The molecule has 1 amide bonds. The van der Waals surface area contributed by atoms with Crippen molar-refractivity contribution in [1.82, 2.24) is 5.43 Å². The highest BCUT2D eigenvalue weighted by atomic mass is 16.5. The van der Waals surface area contributed by atoms with Crippen LogP contribution >= 0.6 is 0 Å². The van der Waals surface area contributed by atoms with E-state index in [4.69, 9.17) is 15.3 Å². The topological polar surface area (TPSA) is 73.6 Å². The minimum absolute atomic E-state index is 0.123. The first-order valence-electron chi connectivity index (χ1n) is 6.14. The maximum absolute atomic E-state index is 11.0. The van der Waals surface area contributed by atoms with Gasteiger partial charge in [0, 0.05) is 6.08 Å². The molecule has 0 aliphatic rings. The highest BCUT2D eigenvalue weighted by molar-refractivity contribution is 5.91. The van der Waals surface area contributed by atoms with Gasteiger partial charge in [-0.05, 0) is 37.1 Å². The molecule has 0 aromatic heterocycles. The van der Waals surface area contributed by atoms with Crippen LogP contribution < -0.4 is 20.7 Å². The number of amides is 1. The molecule has 0 bridgehead atoms. The van der Waals surface area contributed by atoms with E-state index in [9.17, 15) is 4.79 Å². The van der Waals surface area contributed by atoms with Crippen LogP contribution in [0.2, 0.25) is 0 Å². The molecule has 1 rings (SSSR count). The molecule has 5 nitrogen and oxygen atoms in total. The molecular formula is C14H20N2O3. The average Bonchev–Trinajstić information content (AvgIpc) is 2.45. The van der Waals surface area contributed by atoms with Gasteiger partial charge in [-0.1, -0.05) is 13.0 Å². The summed E-state index contributed by atoms with van der Waals surface area (Å²) in [7, 11) is 1.58. The molecule has 3 N–H and O–H groups in total. The molecular weight excluding hydrogens is 244 g/mol. The summed E-state index contributed by atoms with van der Waals surface area (Å²) in [6.07, 6.45) is 4.04.